The molecular weight excluding hydrogens is 434 g/mol. The third kappa shape index (κ3) is 5.33. The van der Waals surface area contributed by atoms with Gasteiger partial charge in [-0.25, -0.2) is 8.42 Å². The van der Waals surface area contributed by atoms with Gasteiger partial charge in [0.1, 0.15) is 6.04 Å². The van der Waals surface area contributed by atoms with Crippen LogP contribution in [0.4, 0.5) is 11.4 Å². The zero-order valence-electron chi connectivity index (χ0n) is 18.5. The van der Waals surface area contributed by atoms with Gasteiger partial charge >= 0.3 is 0 Å². The van der Waals surface area contributed by atoms with Crippen LogP contribution >= 0.6 is 11.6 Å². The molecule has 168 valence electrons. The predicted octanol–water partition coefficient (Wildman–Crippen LogP) is 3.85. The summed E-state index contributed by atoms with van der Waals surface area (Å²) in [4.78, 5) is 17.4. The number of carbonyl (C=O) groups excluding carboxylic acids is 1. The minimum atomic E-state index is -3.63. The first-order valence-corrected chi connectivity index (χ1v) is 12.7. The van der Waals surface area contributed by atoms with Crippen LogP contribution in [0.15, 0.2) is 42.5 Å². The molecule has 0 aromatic heterocycles. The average Bonchev–Trinajstić information content (AvgIpc) is 2.73. The molecule has 0 aliphatic carbocycles. The number of nitrogens with zero attached hydrogens (tertiary/aromatic N) is 3. The third-order valence-corrected chi connectivity index (χ3v) is 7.12. The van der Waals surface area contributed by atoms with E-state index in [1.807, 2.05) is 51.1 Å². The van der Waals surface area contributed by atoms with Crippen LogP contribution in [0.3, 0.4) is 0 Å². The second-order valence-electron chi connectivity index (χ2n) is 8.06. The number of amides is 1. The molecule has 0 N–H and O–H groups in total. The summed E-state index contributed by atoms with van der Waals surface area (Å²) in [5, 5.41) is 0.687. The van der Waals surface area contributed by atoms with Crippen molar-refractivity contribution in [1.82, 2.24) is 4.90 Å². The maximum absolute atomic E-state index is 13.4. The van der Waals surface area contributed by atoms with Crippen molar-refractivity contribution >= 4 is 38.9 Å². The monoisotopic (exact) mass is 463 g/mol. The van der Waals surface area contributed by atoms with Gasteiger partial charge in [0.15, 0.2) is 0 Å². The maximum Gasteiger partial charge on any atom is 0.246 e. The van der Waals surface area contributed by atoms with E-state index in [2.05, 4.69) is 4.90 Å². The lowest BCUT2D eigenvalue weighted by Gasteiger charge is -2.40. The Morgan fingerprint density at radius 1 is 1.06 bits per heavy atom. The van der Waals surface area contributed by atoms with Crippen LogP contribution < -0.4 is 9.21 Å². The maximum atomic E-state index is 13.4. The Balaban J connectivity index is 1.78. The molecule has 0 bridgehead atoms. The Morgan fingerprint density at radius 3 is 2.23 bits per heavy atom. The van der Waals surface area contributed by atoms with Gasteiger partial charge in [-0.15, -0.1) is 0 Å². The van der Waals surface area contributed by atoms with Gasteiger partial charge in [0.05, 0.1) is 11.9 Å². The van der Waals surface area contributed by atoms with E-state index in [0.717, 1.165) is 23.1 Å². The molecule has 1 saturated heterocycles. The van der Waals surface area contributed by atoms with E-state index in [4.69, 9.17) is 11.6 Å². The number of hydrogen-bond acceptors (Lipinski definition) is 4. The fourth-order valence-electron chi connectivity index (χ4n) is 4.04. The SMILES string of the molecule is CC[C@@H](C(=O)N1CCN(c2cc(Cl)ccc2C)CC1)N(c1ccc(C)cc1)S(C)(=O)=O. The minimum absolute atomic E-state index is 0.157. The number of sulfonamides is 1. The van der Waals surface area contributed by atoms with E-state index in [9.17, 15) is 13.2 Å². The molecule has 2 aromatic rings. The average molecular weight is 464 g/mol. The van der Waals surface area contributed by atoms with Gasteiger partial charge in [0.25, 0.3) is 0 Å². The standard InChI is InChI=1S/C23H30ClN3O3S/c1-5-21(27(31(4,29)30)20-10-6-17(2)7-11-20)23(28)26-14-12-25(13-15-26)22-16-19(24)9-8-18(22)3/h6-11,16,21H,5,12-15H2,1-4H3/t21-/m0/s1. The van der Waals surface area contributed by atoms with E-state index in [0.29, 0.717) is 43.3 Å². The number of piperazine rings is 1. The van der Waals surface area contributed by atoms with Crippen molar-refractivity contribution in [3.05, 3.63) is 58.6 Å². The Bertz CT molecular complexity index is 1030. The van der Waals surface area contributed by atoms with Gasteiger partial charge in [-0.05, 0) is 50.1 Å². The van der Waals surface area contributed by atoms with E-state index < -0.39 is 16.1 Å². The number of halogens is 1. The number of rotatable bonds is 6. The van der Waals surface area contributed by atoms with Crippen molar-refractivity contribution in [3.63, 3.8) is 0 Å². The van der Waals surface area contributed by atoms with E-state index in [-0.39, 0.29) is 5.91 Å². The predicted molar refractivity (Wildman–Crippen MR) is 128 cm³/mol. The lowest BCUT2D eigenvalue weighted by atomic mass is 10.1. The lowest BCUT2D eigenvalue weighted by Crippen LogP contribution is -2.56. The van der Waals surface area contributed by atoms with Gasteiger partial charge in [-0.3, -0.25) is 9.10 Å². The summed E-state index contributed by atoms with van der Waals surface area (Å²) in [5.74, 6) is -0.157. The molecule has 0 radical (unpaired) electrons. The van der Waals surface area contributed by atoms with Gasteiger partial charge < -0.3 is 9.80 Å². The van der Waals surface area contributed by atoms with Crippen molar-refractivity contribution < 1.29 is 13.2 Å². The first-order chi connectivity index (χ1) is 14.6. The highest BCUT2D eigenvalue weighted by Crippen LogP contribution is 2.27. The Morgan fingerprint density at radius 2 is 1.68 bits per heavy atom. The van der Waals surface area contributed by atoms with Gasteiger partial charge in [-0.1, -0.05) is 42.3 Å². The van der Waals surface area contributed by atoms with Crippen molar-refractivity contribution in [3.8, 4) is 0 Å². The highest BCUT2D eigenvalue weighted by molar-refractivity contribution is 7.92. The molecule has 2 aromatic carbocycles. The fourth-order valence-corrected chi connectivity index (χ4v) is 5.41. The summed E-state index contributed by atoms with van der Waals surface area (Å²) in [7, 11) is -3.63. The van der Waals surface area contributed by atoms with Crippen LogP contribution in [0.5, 0.6) is 0 Å². The summed E-state index contributed by atoms with van der Waals surface area (Å²) in [6.07, 6.45) is 1.55. The molecule has 1 fully saturated rings. The van der Waals surface area contributed by atoms with Crippen LogP contribution in [-0.4, -0.2) is 57.7 Å². The zero-order valence-corrected chi connectivity index (χ0v) is 20.1. The largest absolute Gasteiger partial charge is 0.368 e. The quantitative estimate of drug-likeness (QED) is 0.652. The third-order valence-electron chi connectivity index (χ3n) is 5.70. The van der Waals surface area contributed by atoms with Crippen LogP contribution in [-0.2, 0) is 14.8 Å². The summed E-state index contributed by atoms with van der Waals surface area (Å²) >= 11 is 6.17. The molecule has 1 amide bonds. The van der Waals surface area contributed by atoms with Crippen molar-refractivity contribution in [1.29, 1.82) is 0 Å². The van der Waals surface area contributed by atoms with Gasteiger partial charge in [0, 0.05) is 36.9 Å². The van der Waals surface area contributed by atoms with Crippen LogP contribution in [0.1, 0.15) is 24.5 Å². The molecule has 6 nitrogen and oxygen atoms in total. The second-order valence-corrected chi connectivity index (χ2v) is 10.4. The first kappa shape index (κ1) is 23.4. The summed E-state index contributed by atoms with van der Waals surface area (Å²) in [6, 6.07) is 12.3. The Hall–Kier alpha value is -2.25. The number of anilines is 2. The summed E-state index contributed by atoms with van der Waals surface area (Å²) in [5.41, 5.74) is 3.76. The Labute approximate surface area is 190 Å². The molecular formula is C23H30ClN3O3S. The van der Waals surface area contributed by atoms with E-state index >= 15 is 0 Å². The lowest BCUT2D eigenvalue weighted by molar-refractivity contribution is -0.132. The van der Waals surface area contributed by atoms with E-state index in [1.165, 1.54) is 4.31 Å². The molecule has 1 heterocycles. The van der Waals surface area contributed by atoms with Crippen molar-refractivity contribution in [2.45, 2.75) is 33.2 Å². The number of hydrogen-bond donors (Lipinski definition) is 0. The molecule has 1 aliphatic rings. The second kappa shape index (κ2) is 9.49. The highest BCUT2D eigenvalue weighted by atomic mass is 35.5. The van der Waals surface area contributed by atoms with Gasteiger partial charge in [-0.2, -0.15) is 0 Å². The first-order valence-electron chi connectivity index (χ1n) is 10.5. The summed E-state index contributed by atoms with van der Waals surface area (Å²) < 4.78 is 26.6. The van der Waals surface area contributed by atoms with Crippen molar-refractivity contribution in [2.24, 2.45) is 0 Å². The number of carbonyl (C=O) groups is 1. The molecule has 0 unspecified atom stereocenters. The molecule has 1 aliphatic heterocycles. The molecule has 31 heavy (non-hydrogen) atoms. The van der Waals surface area contributed by atoms with Crippen LogP contribution in [0.25, 0.3) is 0 Å². The molecule has 1 atom stereocenters. The molecule has 3 rings (SSSR count). The minimum Gasteiger partial charge on any atom is -0.368 e. The van der Waals surface area contributed by atoms with Gasteiger partial charge in [0.2, 0.25) is 15.9 Å². The topological polar surface area (TPSA) is 60.9 Å². The molecule has 8 heteroatoms. The number of aryl methyl sites for hydroxylation is 2. The summed E-state index contributed by atoms with van der Waals surface area (Å²) in [6.45, 7) is 8.25. The Kier molecular flexibility index (Phi) is 7.17. The van der Waals surface area contributed by atoms with E-state index in [1.54, 1.807) is 17.0 Å². The normalized spacial score (nSPS) is 15.6. The zero-order chi connectivity index (χ0) is 22.8. The highest BCUT2D eigenvalue weighted by Gasteiger charge is 2.35. The smallest absolute Gasteiger partial charge is 0.246 e. The molecule has 0 saturated carbocycles. The van der Waals surface area contributed by atoms with Crippen molar-refractivity contribution in [2.75, 3.05) is 41.6 Å². The van der Waals surface area contributed by atoms with Crippen LogP contribution in [0.2, 0.25) is 5.02 Å². The molecule has 0 spiro atoms. The fraction of sp³-hybridized carbons (Fsp3) is 0.435. The number of benzene rings is 2. The van der Waals surface area contributed by atoms with Crippen LogP contribution in [0, 0.1) is 13.8 Å².